The predicted octanol–water partition coefficient (Wildman–Crippen LogP) is 3.57. The monoisotopic (exact) mass is 355 g/mol. The van der Waals surface area contributed by atoms with Gasteiger partial charge in [0.25, 0.3) is 0 Å². The first-order chi connectivity index (χ1) is 12.3. The van der Waals surface area contributed by atoms with Crippen molar-refractivity contribution >= 4 is 23.5 Å². The van der Waals surface area contributed by atoms with Gasteiger partial charge >= 0.3 is 5.97 Å². The molecule has 0 radical (unpaired) electrons. The van der Waals surface area contributed by atoms with Gasteiger partial charge in [-0.15, -0.1) is 0 Å². The van der Waals surface area contributed by atoms with E-state index in [0.717, 1.165) is 11.3 Å². The zero-order valence-corrected chi connectivity index (χ0v) is 15.5. The molecule has 0 N–H and O–H groups in total. The van der Waals surface area contributed by atoms with Crippen molar-refractivity contribution in [2.45, 2.75) is 52.6 Å². The van der Waals surface area contributed by atoms with Crippen molar-refractivity contribution in [3.63, 3.8) is 0 Å². The molecule has 0 unspecified atom stereocenters. The Hall–Kier alpha value is -2.17. The van der Waals surface area contributed by atoms with Gasteiger partial charge in [0.2, 0.25) is 11.8 Å². The second-order valence-electron chi connectivity index (χ2n) is 8.57. The standard InChI is InChI=1S/C21H25NO4/c1-12-16-10-14(21(16,2)3)11-17(12)26-20(25)13-5-4-6-15(9-13)22-18(23)7-8-19(22)24/h4-6,9,12,14,16-17H,7-8,10-11H2,1-3H3/t12-,14+,16-,17+/m1/s1. The van der Waals surface area contributed by atoms with Crippen molar-refractivity contribution in [2.75, 3.05) is 4.90 Å². The Morgan fingerprint density at radius 3 is 2.46 bits per heavy atom. The second kappa shape index (κ2) is 5.93. The first-order valence-corrected chi connectivity index (χ1v) is 9.46. The third-order valence-electron chi connectivity index (χ3n) is 6.93. The molecule has 5 rings (SSSR count). The summed E-state index contributed by atoms with van der Waals surface area (Å²) in [6.45, 7) is 6.81. The van der Waals surface area contributed by atoms with Crippen LogP contribution in [0.2, 0.25) is 0 Å². The number of anilines is 1. The molecular weight excluding hydrogens is 330 g/mol. The molecule has 1 aromatic rings. The lowest BCUT2D eigenvalue weighted by molar-refractivity contribution is -0.156. The van der Waals surface area contributed by atoms with E-state index in [-0.39, 0.29) is 36.7 Å². The molecule has 1 heterocycles. The van der Waals surface area contributed by atoms with Crippen LogP contribution in [0.4, 0.5) is 5.69 Å². The third-order valence-corrected chi connectivity index (χ3v) is 6.93. The van der Waals surface area contributed by atoms with Crippen LogP contribution in [0.25, 0.3) is 0 Å². The second-order valence-corrected chi connectivity index (χ2v) is 8.57. The molecule has 26 heavy (non-hydrogen) atoms. The van der Waals surface area contributed by atoms with Crippen LogP contribution < -0.4 is 4.90 Å². The van der Waals surface area contributed by atoms with Gasteiger partial charge < -0.3 is 4.74 Å². The highest BCUT2D eigenvalue weighted by Crippen LogP contribution is 2.61. The summed E-state index contributed by atoms with van der Waals surface area (Å²) in [6.07, 6.45) is 2.55. The molecule has 3 aliphatic carbocycles. The Bertz CT molecular complexity index is 768. The van der Waals surface area contributed by atoms with Gasteiger partial charge in [0.05, 0.1) is 11.3 Å². The predicted molar refractivity (Wildman–Crippen MR) is 96.5 cm³/mol. The number of hydrogen-bond acceptors (Lipinski definition) is 4. The molecular formula is C21H25NO4. The molecule has 2 bridgehead atoms. The Kier molecular flexibility index (Phi) is 3.94. The van der Waals surface area contributed by atoms with Crippen LogP contribution >= 0.6 is 0 Å². The van der Waals surface area contributed by atoms with E-state index in [1.54, 1.807) is 24.3 Å². The van der Waals surface area contributed by atoms with E-state index in [1.807, 2.05) is 0 Å². The number of hydrogen-bond donors (Lipinski definition) is 0. The van der Waals surface area contributed by atoms with Crippen molar-refractivity contribution in [3.05, 3.63) is 29.8 Å². The lowest BCUT2D eigenvalue weighted by atomic mass is 9.45. The van der Waals surface area contributed by atoms with Crippen LogP contribution in [0.15, 0.2) is 24.3 Å². The first kappa shape index (κ1) is 17.3. The summed E-state index contributed by atoms with van der Waals surface area (Å²) < 4.78 is 5.83. The van der Waals surface area contributed by atoms with Crippen molar-refractivity contribution in [3.8, 4) is 0 Å². The van der Waals surface area contributed by atoms with E-state index in [2.05, 4.69) is 20.8 Å². The first-order valence-electron chi connectivity index (χ1n) is 9.46. The van der Waals surface area contributed by atoms with Gasteiger partial charge in [-0.2, -0.15) is 0 Å². The highest BCUT2D eigenvalue weighted by Gasteiger charge is 2.57. The minimum atomic E-state index is -0.373. The number of fused-ring (bicyclic) bond motifs is 2. The maximum atomic E-state index is 12.7. The SMILES string of the molecule is C[C@H]1[C@@H](OC(=O)c2cccc(N3C(=O)CCC3=O)c2)C[C@@H]2C[C@H]1C2(C)C. The number of nitrogens with zero attached hydrogens (tertiary/aromatic N) is 1. The summed E-state index contributed by atoms with van der Waals surface area (Å²) in [5.74, 6) is 0.760. The van der Waals surface area contributed by atoms with Crippen molar-refractivity contribution < 1.29 is 19.1 Å². The average Bonchev–Trinajstić information content (AvgIpc) is 2.94. The van der Waals surface area contributed by atoms with Gasteiger partial charge in [-0.25, -0.2) is 4.79 Å². The molecule has 138 valence electrons. The molecule has 0 spiro atoms. The van der Waals surface area contributed by atoms with Gasteiger partial charge in [-0.3, -0.25) is 14.5 Å². The lowest BCUT2D eigenvalue weighted by Gasteiger charge is -2.61. The maximum Gasteiger partial charge on any atom is 0.338 e. The van der Waals surface area contributed by atoms with Crippen LogP contribution in [0.5, 0.6) is 0 Å². The number of benzene rings is 1. The van der Waals surface area contributed by atoms with Gasteiger partial charge in [0.15, 0.2) is 0 Å². The summed E-state index contributed by atoms with van der Waals surface area (Å²) >= 11 is 0. The molecule has 1 saturated heterocycles. The van der Waals surface area contributed by atoms with Gasteiger partial charge in [0, 0.05) is 12.8 Å². The summed E-state index contributed by atoms with van der Waals surface area (Å²) in [6, 6.07) is 6.63. The molecule has 1 aromatic carbocycles. The molecule has 4 aliphatic rings. The van der Waals surface area contributed by atoms with Crippen molar-refractivity contribution in [1.29, 1.82) is 0 Å². The Labute approximate surface area is 153 Å². The fourth-order valence-electron chi connectivity index (χ4n) is 5.10. The summed E-state index contributed by atoms with van der Waals surface area (Å²) in [7, 11) is 0. The highest BCUT2D eigenvalue weighted by atomic mass is 16.5. The van der Waals surface area contributed by atoms with E-state index in [4.69, 9.17) is 4.74 Å². The van der Waals surface area contributed by atoms with Gasteiger partial charge in [-0.05, 0) is 54.2 Å². The van der Waals surface area contributed by atoms with Crippen LogP contribution in [0.1, 0.15) is 56.8 Å². The van der Waals surface area contributed by atoms with E-state index < -0.39 is 0 Å². The number of imide groups is 1. The van der Waals surface area contributed by atoms with Crippen LogP contribution in [0.3, 0.4) is 0 Å². The smallest absolute Gasteiger partial charge is 0.338 e. The van der Waals surface area contributed by atoms with E-state index in [1.165, 1.54) is 6.42 Å². The van der Waals surface area contributed by atoms with E-state index >= 15 is 0 Å². The van der Waals surface area contributed by atoms with E-state index in [9.17, 15) is 14.4 Å². The third kappa shape index (κ3) is 2.56. The molecule has 5 heteroatoms. The van der Waals surface area contributed by atoms with Gasteiger partial charge in [-0.1, -0.05) is 26.8 Å². The van der Waals surface area contributed by atoms with E-state index in [0.29, 0.717) is 34.4 Å². The van der Waals surface area contributed by atoms with Gasteiger partial charge in [0.1, 0.15) is 6.10 Å². The largest absolute Gasteiger partial charge is 0.458 e. The Balaban J connectivity index is 1.49. The molecule has 5 nitrogen and oxygen atoms in total. The van der Waals surface area contributed by atoms with Crippen LogP contribution in [-0.4, -0.2) is 23.9 Å². The minimum absolute atomic E-state index is 0.0574. The lowest BCUT2D eigenvalue weighted by Crippen LogP contribution is -2.57. The number of carbonyl (C=O) groups is 3. The molecule has 2 amide bonds. The fourth-order valence-corrected chi connectivity index (χ4v) is 5.10. The van der Waals surface area contributed by atoms with Crippen molar-refractivity contribution in [2.24, 2.45) is 23.2 Å². The topological polar surface area (TPSA) is 63.7 Å². The molecule has 0 aromatic heterocycles. The molecule has 3 saturated carbocycles. The highest BCUT2D eigenvalue weighted by molar-refractivity contribution is 6.20. The summed E-state index contributed by atoms with van der Waals surface area (Å²) in [5.41, 5.74) is 1.19. The average molecular weight is 355 g/mol. The minimum Gasteiger partial charge on any atom is -0.458 e. The number of amides is 2. The zero-order chi connectivity index (χ0) is 18.6. The number of ether oxygens (including phenoxy) is 1. The summed E-state index contributed by atoms with van der Waals surface area (Å²) in [5, 5.41) is 0. The van der Waals surface area contributed by atoms with Crippen molar-refractivity contribution in [1.82, 2.24) is 0 Å². The Morgan fingerprint density at radius 2 is 1.85 bits per heavy atom. The maximum absolute atomic E-state index is 12.7. The Morgan fingerprint density at radius 1 is 1.15 bits per heavy atom. The number of rotatable bonds is 3. The quantitative estimate of drug-likeness (QED) is 0.614. The van der Waals surface area contributed by atoms with Crippen LogP contribution in [-0.2, 0) is 14.3 Å². The van der Waals surface area contributed by atoms with Crippen LogP contribution in [0, 0.1) is 23.2 Å². The normalized spacial score (nSPS) is 32.3. The summed E-state index contributed by atoms with van der Waals surface area (Å²) in [4.78, 5) is 37.7. The number of esters is 1. The zero-order valence-electron chi connectivity index (χ0n) is 15.5. The molecule has 1 aliphatic heterocycles. The number of carbonyl (C=O) groups excluding carboxylic acids is 3. The molecule has 4 fully saturated rings. The molecule has 4 atom stereocenters. The fraction of sp³-hybridized carbons (Fsp3) is 0.571.